The topological polar surface area (TPSA) is 74.7 Å². The maximum atomic E-state index is 12.7. The van der Waals surface area contributed by atoms with Crippen LogP contribution in [0.25, 0.3) is 0 Å². The van der Waals surface area contributed by atoms with Gasteiger partial charge in [0.05, 0.1) is 23.7 Å². The molecule has 1 aromatic carbocycles. The quantitative estimate of drug-likeness (QED) is 0.925. The standard InChI is InChI=1S/C11H7F3N4O/c12-11(13,14)9-3-8(2-1-7(9)4-15)16-5-10-17-6-19-18-10/h1-3,6,16H,5H2. The van der Waals surface area contributed by atoms with Crippen molar-refractivity contribution < 1.29 is 17.7 Å². The molecular formula is C11H7F3N4O. The Morgan fingerprint density at radius 1 is 1.37 bits per heavy atom. The molecule has 98 valence electrons. The van der Waals surface area contributed by atoms with E-state index in [-0.39, 0.29) is 12.2 Å². The van der Waals surface area contributed by atoms with E-state index >= 15 is 0 Å². The zero-order chi connectivity index (χ0) is 13.9. The molecule has 0 fully saturated rings. The SMILES string of the molecule is N#Cc1ccc(NCc2ncon2)cc1C(F)(F)F. The largest absolute Gasteiger partial charge is 0.417 e. The van der Waals surface area contributed by atoms with E-state index in [4.69, 9.17) is 5.26 Å². The van der Waals surface area contributed by atoms with Gasteiger partial charge < -0.3 is 9.84 Å². The highest BCUT2D eigenvalue weighted by Gasteiger charge is 2.33. The molecule has 0 unspecified atom stereocenters. The van der Waals surface area contributed by atoms with E-state index in [0.717, 1.165) is 18.5 Å². The fraction of sp³-hybridized carbons (Fsp3) is 0.182. The highest BCUT2D eigenvalue weighted by Crippen LogP contribution is 2.33. The van der Waals surface area contributed by atoms with Crippen molar-refractivity contribution in [3.63, 3.8) is 0 Å². The predicted molar refractivity (Wildman–Crippen MR) is 57.8 cm³/mol. The van der Waals surface area contributed by atoms with Crippen molar-refractivity contribution >= 4 is 5.69 Å². The van der Waals surface area contributed by atoms with Gasteiger partial charge in [-0.25, -0.2) is 0 Å². The maximum Gasteiger partial charge on any atom is 0.417 e. The number of alkyl halides is 3. The summed E-state index contributed by atoms with van der Waals surface area (Å²) in [6, 6.07) is 4.88. The molecule has 0 radical (unpaired) electrons. The second-order valence-electron chi connectivity index (χ2n) is 3.57. The molecule has 0 aliphatic carbocycles. The van der Waals surface area contributed by atoms with Crippen LogP contribution in [0.1, 0.15) is 17.0 Å². The third-order valence-corrected chi connectivity index (χ3v) is 2.30. The molecule has 0 aliphatic rings. The fourth-order valence-corrected chi connectivity index (χ4v) is 1.44. The van der Waals surface area contributed by atoms with E-state index in [1.165, 1.54) is 12.1 Å². The Hall–Kier alpha value is -2.56. The molecule has 1 aromatic heterocycles. The molecule has 0 aliphatic heterocycles. The monoisotopic (exact) mass is 268 g/mol. The lowest BCUT2D eigenvalue weighted by Crippen LogP contribution is -2.09. The van der Waals surface area contributed by atoms with Crippen molar-refractivity contribution in [3.8, 4) is 6.07 Å². The van der Waals surface area contributed by atoms with Gasteiger partial charge in [0.2, 0.25) is 6.39 Å². The van der Waals surface area contributed by atoms with Gasteiger partial charge in [-0.3, -0.25) is 0 Å². The van der Waals surface area contributed by atoms with Crippen LogP contribution in [0.4, 0.5) is 18.9 Å². The average molecular weight is 268 g/mol. The lowest BCUT2D eigenvalue weighted by Gasteiger charge is -2.11. The van der Waals surface area contributed by atoms with Gasteiger partial charge in [0, 0.05) is 5.69 Å². The van der Waals surface area contributed by atoms with Gasteiger partial charge in [0.15, 0.2) is 5.82 Å². The highest BCUT2D eigenvalue weighted by molar-refractivity contribution is 5.53. The van der Waals surface area contributed by atoms with E-state index in [1.807, 2.05) is 0 Å². The van der Waals surface area contributed by atoms with Crippen LogP contribution in [-0.4, -0.2) is 10.1 Å². The summed E-state index contributed by atoms with van der Waals surface area (Å²) in [5.41, 5.74) is -1.18. The first-order valence-corrected chi connectivity index (χ1v) is 5.11. The Labute approximate surface area is 105 Å². The minimum absolute atomic E-state index is 0.125. The number of anilines is 1. The van der Waals surface area contributed by atoms with E-state index in [0.29, 0.717) is 5.82 Å². The van der Waals surface area contributed by atoms with Crippen LogP contribution < -0.4 is 5.32 Å². The van der Waals surface area contributed by atoms with Crippen LogP contribution >= 0.6 is 0 Å². The van der Waals surface area contributed by atoms with Crippen LogP contribution in [0, 0.1) is 11.3 Å². The normalized spacial score (nSPS) is 11.1. The molecule has 0 amide bonds. The van der Waals surface area contributed by atoms with Gasteiger partial charge in [-0.1, -0.05) is 5.16 Å². The molecule has 0 atom stereocenters. The summed E-state index contributed by atoms with van der Waals surface area (Å²) in [5.74, 6) is 0.318. The maximum absolute atomic E-state index is 12.7. The zero-order valence-corrected chi connectivity index (χ0v) is 9.40. The van der Waals surface area contributed by atoms with Crippen molar-refractivity contribution in [2.75, 3.05) is 5.32 Å². The summed E-state index contributed by atoms with van der Waals surface area (Å²) >= 11 is 0. The Morgan fingerprint density at radius 2 is 2.16 bits per heavy atom. The van der Waals surface area contributed by atoms with Gasteiger partial charge in [-0.05, 0) is 18.2 Å². The van der Waals surface area contributed by atoms with E-state index in [9.17, 15) is 13.2 Å². The fourth-order valence-electron chi connectivity index (χ4n) is 1.44. The Balaban J connectivity index is 2.21. The van der Waals surface area contributed by atoms with Crippen LogP contribution in [0.15, 0.2) is 29.1 Å². The van der Waals surface area contributed by atoms with Crippen molar-refractivity contribution in [2.24, 2.45) is 0 Å². The summed E-state index contributed by atoms with van der Waals surface area (Å²) in [4.78, 5) is 3.72. The van der Waals surface area contributed by atoms with Crippen LogP contribution in [0.2, 0.25) is 0 Å². The van der Waals surface area contributed by atoms with Crippen molar-refractivity contribution in [1.82, 2.24) is 10.1 Å². The first-order valence-electron chi connectivity index (χ1n) is 5.11. The summed E-state index contributed by atoms with van der Waals surface area (Å²) in [6.07, 6.45) is -3.45. The number of hydrogen-bond donors (Lipinski definition) is 1. The van der Waals surface area contributed by atoms with E-state index < -0.39 is 17.3 Å². The average Bonchev–Trinajstić information content (AvgIpc) is 2.88. The number of nitrogens with one attached hydrogen (secondary N) is 1. The predicted octanol–water partition coefficient (Wildman–Crippen LogP) is 2.57. The molecule has 1 N–H and O–H groups in total. The van der Waals surface area contributed by atoms with E-state index in [2.05, 4.69) is 20.0 Å². The molecule has 8 heteroatoms. The number of nitriles is 1. The smallest absolute Gasteiger partial charge is 0.378 e. The lowest BCUT2D eigenvalue weighted by atomic mass is 10.1. The van der Waals surface area contributed by atoms with Gasteiger partial charge in [-0.2, -0.15) is 23.4 Å². The van der Waals surface area contributed by atoms with Crippen LogP contribution in [-0.2, 0) is 12.7 Å². The molecule has 0 spiro atoms. The molecule has 0 saturated heterocycles. The van der Waals surface area contributed by atoms with Crippen molar-refractivity contribution in [1.29, 1.82) is 5.26 Å². The summed E-state index contributed by atoms with van der Waals surface area (Å²) in [5, 5.41) is 14.9. The minimum atomic E-state index is -4.57. The molecule has 2 aromatic rings. The second kappa shape index (κ2) is 4.97. The second-order valence-corrected chi connectivity index (χ2v) is 3.57. The zero-order valence-electron chi connectivity index (χ0n) is 9.40. The number of halogens is 3. The third-order valence-electron chi connectivity index (χ3n) is 2.30. The van der Waals surface area contributed by atoms with Crippen LogP contribution in [0.3, 0.4) is 0 Å². The number of benzene rings is 1. The highest BCUT2D eigenvalue weighted by atomic mass is 19.4. The summed E-state index contributed by atoms with van der Waals surface area (Å²) in [6.45, 7) is 0.125. The van der Waals surface area contributed by atoms with Gasteiger partial charge in [0.1, 0.15) is 0 Å². The minimum Gasteiger partial charge on any atom is -0.378 e. The Bertz CT molecular complexity index is 601. The Morgan fingerprint density at radius 3 is 2.74 bits per heavy atom. The van der Waals surface area contributed by atoms with Crippen molar-refractivity contribution in [3.05, 3.63) is 41.5 Å². The van der Waals surface area contributed by atoms with Gasteiger partial charge in [-0.15, -0.1) is 0 Å². The lowest BCUT2D eigenvalue weighted by molar-refractivity contribution is -0.137. The first kappa shape index (κ1) is 12.9. The van der Waals surface area contributed by atoms with Crippen molar-refractivity contribution in [2.45, 2.75) is 12.7 Å². The number of rotatable bonds is 3. The Kier molecular flexibility index (Phi) is 3.37. The molecule has 0 saturated carbocycles. The molecular weight excluding hydrogens is 261 g/mol. The first-order chi connectivity index (χ1) is 9.00. The number of nitrogens with zero attached hydrogens (tertiary/aromatic N) is 3. The number of aromatic nitrogens is 2. The third kappa shape index (κ3) is 3.01. The molecule has 0 bridgehead atoms. The molecule has 19 heavy (non-hydrogen) atoms. The van der Waals surface area contributed by atoms with E-state index in [1.54, 1.807) is 0 Å². The molecule has 5 nitrogen and oxygen atoms in total. The summed E-state index contributed by atoms with van der Waals surface area (Å²) in [7, 11) is 0. The number of hydrogen-bond acceptors (Lipinski definition) is 5. The summed E-state index contributed by atoms with van der Waals surface area (Å²) < 4.78 is 42.6. The van der Waals surface area contributed by atoms with Crippen LogP contribution in [0.5, 0.6) is 0 Å². The molecule has 1 heterocycles. The van der Waals surface area contributed by atoms with Gasteiger partial charge in [0.25, 0.3) is 0 Å². The molecule has 2 rings (SSSR count). The van der Waals surface area contributed by atoms with Gasteiger partial charge >= 0.3 is 6.18 Å².